The highest BCUT2D eigenvalue weighted by molar-refractivity contribution is 5.76. The molecule has 3 aliphatic rings. The quantitative estimate of drug-likeness (QED) is 0.833. The smallest absolute Gasteiger partial charge is 0.222 e. The van der Waals surface area contributed by atoms with Crippen LogP contribution >= 0.6 is 0 Å². The second kappa shape index (κ2) is 8.07. The summed E-state index contributed by atoms with van der Waals surface area (Å²) in [5.41, 5.74) is 0. The highest BCUT2D eigenvalue weighted by Gasteiger charge is 2.29. The number of carbonyl (C=O) groups excluding carboxylic acids is 1. The number of piperidine rings is 1. The van der Waals surface area contributed by atoms with Crippen molar-refractivity contribution in [1.29, 1.82) is 0 Å². The SMILES string of the molecule is CN1CCCCC1c1nnc2n1CCN(C(=O)CC1CCCCC1)CC2. The zero-order chi connectivity index (χ0) is 17.9. The Morgan fingerprint density at radius 2 is 1.77 bits per heavy atom. The molecule has 2 fully saturated rings. The van der Waals surface area contributed by atoms with E-state index >= 15 is 0 Å². The molecule has 144 valence electrons. The number of aromatic nitrogens is 3. The van der Waals surface area contributed by atoms with E-state index in [1.54, 1.807) is 0 Å². The van der Waals surface area contributed by atoms with E-state index < -0.39 is 0 Å². The largest absolute Gasteiger partial charge is 0.340 e. The van der Waals surface area contributed by atoms with Crippen LogP contribution in [0.5, 0.6) is 0 Å². The van der Waals surface area contributed by atoms with Crippen molar-refractivity contribution in [2.24, 2.45) is 5.92 Å². The maximum absolute atomic E-state index is 12.8. The van der Waals surface area contributed by atoms with E-state index in [4.69, 9.17) is 0 Å². The van der Waals surface area contributed by atoms with Gasteiger partial charge in [-0.1, -0.05) is 25.7 Å². The molecular formula is C20H33N5O. The molecule has 26 heavy (non-hydrogen) atoms. The monoisotopic (exact) mass is 359 g/mol. The minimum atomic E-state index is 0.354. The summed E-state index contributed by atoms with van der Waals surface area (Å²) in [6.45, 7) is 3.58. The van der Waals surface area contributed by atoms with Gasteiger partial charge in [-0.15, -0.1) is 10.2 Å². The van der Waals surface area contributed by atoms with Crippen LogP contribution in [-0.4, -0.2) is 57.2 Å². The Balaban J connectivity index is 1.40. The Bertz CT molecular complexity index is 622. The molecule has 6 heteroatoms. The number of rotatable bonds is 3. The number of amides is 1. The van der Waals surface area contributed by atoms with Crippen LogP contribution in [0.1, 0.15) is 75.5 Å². The molecule has 1 unspecified atom stereocenters. The lowest BCUT2D eigenvalue weighted by Gasteiger charge is -2.32. The topological polar surface area (TPSA) is 54.3 Å². The molecule has 0 bridgehead atoms. The Hall–Kier alpha value is -1.43. The van der Waals surface area contributed by atoms with Crippen LogP contribution in [0.15, 0.2) is 0 Å². The van der Waals surface area contributed by atoms with E-state index in [0.29, 0.717) is 17.9 Å². The number of likely N-dealkylation sites (tertiary alicyclic amines) is 1. The van der Waals surface area contributed by atoms with Crippen molar-refractivity contribution in [2.75, 3.05) is 26.7 Å². The normalized spacial score (nSPS) is 25.7. The fourth-order valence-corrected chi connectivity index (χ4v) is 5.01. The number of carbonyl (C=O) groups is 1. The summed E-state index contributed by atoms with van der Waals surface area (Å²) in [7, 11) is 2.20. The van der Waals surface area contributed by atoms with Gasteiger partial charge in [0.15, 0.2) is 0 Å². The van der Waals surface area contributed by atoms with Crippen molar-refractivity contribution in [1.82, 2.24) is 24.6 Å². The summed E-state index contributed by atoms with van der Waals surface area (Å²) in [6.07, 6.45) is 11.7. The second-order valence-corrected chi connectivity index (χ2v) is 8.46. The van der Waals surface area contributed by atoms with E-state index in [1.165, 1.54) is 51.4 Å². The summed E-state index contributed by atoms with van der Waals surface area (Å²) in [5.74, 6) is 3.15. The fourth-order valence-electron chi connectivity index (χ4n) is 5.01. The molecule has 1 saturated heterocycles. The Kier molecular flexibility index (Phi) is 5.57. The van der Waals surface area contributed by atoms with Crippen molar-refractivity contribution in [3.8, 4) is 0 Å². The molecular weight excluding hydrogens is 326 g/mol. The molecule has 1 aromatic rings. The van der Waals surface area contributed by atoms with E-state index in [9.17, 15) is 4.79 Å². The average Bonchev–Trinajstić information content (AvgIpc) is 2.93. The summed E-state index contributed by atoms with van der Waals surface area (Å²) in [4.78, 5) is 17.3. The van der Waals surface area contributed by atoms with E-state index in [0.717, 1.165) is 50.7 Å². The van der Waals surface area contributed by atoms with Gasteiger partial charge in [0, 0.05) is 32.5 Å². The summed E-state index contributed by atoms with van der Waals surface area (Å²) < 4.78 is 2.31. The van der Waals surface area contributed by atoms with Crippen LogP contribution in [-0.2, 0) is 17.8 Å². The Morgan fingerprint density at radius 1 is 0.962 bits per heavy atom. The van der Waals surface area contributed by atoms with E-state index in [1.807, 2.05) is 0 Å². The summed E-state index contributed by atoms with van der Waals surface area (Å²) >= 11 is 0. The molecule has 0 spiro atoms. The first-order valence-corrected chi connectivity index (χ1v) is 10.6. The minimum Gasteiger partial charge on any atom is -0.340 e. The molecule has 1 aliphatic carbocycles. The molecule has 1 amide bonds. The number of fused-ring (bicyclic) bond motifs is 1. The fraction of sp³-hybridized carbons (Fsp3) is 0.850. The lowest BCUT2D eigenvalue weighted by Crippen LogP contribution is -2.35. The van der Waals surface area contributed by atoms with E-state index in [-0.39, 0.29) is 0 Å². The number of hydrogen-bond donors (Lipinski definition) is 0. The van der Waals surface area contributed by atoms with Gasteiger partial charge in [-0.3, -0.25) is 9.69 Å². The predicted octanol–water partition coefficient (Wildman–Crippen LogP) is 2.79. The van der Waals surface area contributed by atoms with Gasteiger partial charge >= 0.3 is 0 Å². The first-order chi connectivity index (χ1) is 12.7. The van der Waals surface area contributed by atoms with Crippen LogP contribution in [0.3, 0.4) is 0 Å². The third kappa shape index (κ3) is 3.80. The highest BCUT2D eigenvalue weighted by Crippen LogP contribution is 2.30. The molecule has 0 radical (unpaired) electrons. The van der Waals surface area contributed by atoms with Gasteiger partial charge in [0.1, 0.15) is 11.6 Å². The maximum atomic E-state index is 12.8. The van der Waals surface area contributed by atoms with Crippen LogP contribution in [0.4, 0.5) is 0 Å². The predicted molar refractivity (Wildman–Crippen MR) is 101 cm³/mol. The molecule has 6 nitrogen and oxygen atoms in total. The Morgan fingerprint density at radius 3 is 2.58 bits per heavy atom. The standard InChI is InChI=1S/C20H33N5O/c1-23-11-6-5-9-17(23)20-22-21-18-10-12-24(13-14-25(18)20)19(26)15-16-7-3-2-4-8-16/h16-17H,2-15H2,1H3. The van der Waals surface area contributed by atoms with Crippen molar-refractivity contribution in [2.45, 2.75) is 76.8 Å². The van der Waals surface area contributed by atoms with Crippen LogP contribution in [0.2, 0.25) is 0 Å². The van der Waals surface area contributed by atoms with Gasteiger partial charge in [-0.05, 0) is 45.2 Å². The molecule has 2 aliphatic heterocycles. The summed E-state index contributed by atoms with van der Waals surface area (Å²) in [5, 5.41) is 9.03. The van der Waals surface area contributed by atoms with Gasteiger partial charge in [0.25, 0.3) is 0 Å². The van der Waals surface area contributed by atoms with Gasteiger partial charge in [0.05, 0.1) is 6.04 Å². The average molecular weight is 360 g/mol. The molecule has 1 atom stereocenters. The Labute approximate surface area is 156 Å². The van der Waals surface area contributed by atoms with Crippen LogP contribution in [0, 0.1) is 5.92 Å². The number of hydrogen-bond acceptors (Lipinski definition) is 4. The maximum Gasteiger partial charge on any atom is 0.222 e. The zero-order valence-electron chi connectivity index (χ0n) is 16.2. The molecule has 4 rings (SSSR count). The van der Waals surface area contributed by atoms with Gasteiger partial charge in [-0.2, -0.15) is 0 Å². The van der Waals surface area contributed by atoms with Crippen LogP contribution < -0.4 is 0 Å². The molecule has 1 aromatic heterocycles. The third-order valence-corrected chi connectivity index (χ3v) is 6.66. The lowest BCUT2D eigenvalue weighted by molar-refractivity contribution is -0.132. The number of nitrogens with zero attached hydrogens (tertiary/aromatic N) is 5. The van der Waals surface area contributed by atoms with Gasteiger partial charge in [0.2, 0.25) is 5.91 Å². The first kappa shape index (κ1) is 18.0. The third-order valence-electron chi connectivity index (χ3n) is 6.66. The summed E-state index contributed by atoms with van der Waals surface area (Å²) in [6, 6.07) is 0.384. The van der Waals surface area contributed by atoms with Crippen molar-refractivity contribution < 1.29 is 4.79 Å². The van der Waals surface area contributed by atoms with Gasteiger partial charge in [-0.25, -0.2) is 0 Å². The van der Waals surface area contributed by atoms with E-state index in [2.05, 4.69) is 31.6 Å². The first-order valence-electron chi connectivity index (χ1n) is 10.6. The highest BCUT2D eigenvalue weighted by atomic mass is 16.2. The molecule has 3 heterocycles. The second-order valence-electron chi connectivity index (χ2n) is 8.46. The van der Waals surface area contributed by atoms with Crippen molar-refractivity contribution in [3.05, 3.63) is 11.6 Å². The minimum absolute atomic E-state index is 0.354. The van der Waals surface area contributed by atoms with Crippen molar-refractivity contribution in [3.63, 3.8) is 0 Å². The zero-order valence-corrected chi connectivity index (χ0v) is 16.2. The molecule has 1 saturated carbocycles. The van der Waals surface area contributed by atoms with Crippen LogP contribution in [0.25, 0.3) is 0 Å². The van der Waals surface area contributed by atoms with Gasteiger partial charge < -0.3 is 9.47 Å². The lowest BCUT2D eigenvalue weighted by atomic mass is 9.86. The molecule has 0 aromatic carbocycles. The van der Waals surface area contributed by atoms with Crippen molar-refractivity contribution >= 4 is 5.91 Å². The molecule has 0 N–H and O–H groups in total.